The lowest BCUT2D eigenvalue weighted by Crippen LogP contribution is -2.29. The highest BCUT2D eigenvalue weighted by atomic mass is 79.9. The lowest BCUT2D eigenvalue weighted by atomic mass is 9.87. The van der Waals surface area contributed by atoms with E-state index in [9.17, 15) is 9.18 Å². The SMILES string of the molecule is Cc1cc(F)c(Br)nc1NC(=O)[C@H]1CCCC23CC12C3. The van der Waals surface area contributed by atoms with Crippen molar-refractivity contribution in [2.75, 3.05) is 5.32 Å². The monoisotopic (exact) mass is 338 g/mol. The number of aryl methyl sites for hydroxylation is 1. The summed E-state index contributed by atoms with van der Waals surface area (Å²) < 4.78 is 13.5. The van der Waals surface area contributed by atoms with Crippen LogP contribution in [0.2, 0.25) is 0 Å². The Morgan fingerprint density at radius 2 is 2.30 bits per heavy atom. The van der Waals surface area contributed by atoms with Gasteiger partial charge in [-0.2, -0.15) is 0 Å². The van der Waals surface area contributed by atoms with E-state index in [4.69, 9.17) is 0 Å². The molecule has 1 N–H and O–H groups in total. The van der Waals surface area contributed by atoms with Crippen molar-refractivity contribution in [1.82, 2.24) is 4.98 Å². The smallest absolute Gasteiger partial charge is 0.229 e. The van der Waals surface area contributed by atoms with Gasteiger partial charge in [-0.3, -0.25) is 4.79 Å². The molecule has 1 atom stereocenters. The minimum absolute atomic E-state index is 0.0678. The Balaban J connectivity index is 1.55. The van der Waals surface area contributed by atoms with Gasteiger partial charge in [-0.1, -0.05) is 6.42 Å². The Morgan fingerprint density at radius 1 is 1.55 bits per heavy atom. The van der Waals surface area contributed by atoms with Gasteiger partial charge < -0.3 is 5.32 Å². The highest BCUT2D eigenvalue weighted by molar-refractivity contribution is 9.10. The van der Waals surface area contributed by atoms with Crippen molar-refractivity contribution in [2.24, 2.45) is 16.7 Å². The summed E-state index contributed by atoms with van der Waals surface area (Å²) in [6.45, 7) is 1.76. The number of nitrogens with zero attached hydrogens (tertiary/aromatic N) is 1. The molecule has 0 radical (unpaired) electrons. The third kappa shape index (κ3) is 1.56. The van der Waals surface area contributed by atoms with Gasteiger partial charge in [-0.25, -0.2) is 9.37 Å². The van der Waals surface area contributed by atoms with E-state index in [1.807, 2.05) is 0 Å². The lowest BCUT2D eigenvalue weighted by molar-refractivity contribution is -0.121. The van der Waals surface area contributed by atoms with Crippen molar-refractivity contribution >= 4 is 27.7 Å². The molecule has 5 heteroatoms. The summed E-state index contributed by atoms with van der Waals surface area (Å²) in [5.74, 6) is 0.261. The fourth-order valence-corrected chi connectivity index (χ4v) is 4.59. The summed E-state index contributed by atoms with van der Waals surface area (Å²) in [6, 6.07) is 1.39. The normalized spacial score (nSPS) is 36.9. The first kappa shape index (κ1) is 12.7. The largest absolute Gasteiger partial charge is 0.310 e. The second kappa shape index (κ2) is 3.81. The molecule has 0 spiro atoms. The number of rotatable bonds is 2. The Morgan fingerprint density at radius 3 is 3.05 bits per heavy atom. The van der Waals surface area contributed by atoms with Gasteiger partial charge in [0, 0.05) is 5.92 Å². The van der Waals surface area contributed by atoms with Crippen LogP contribution >= 0.6 is 15.9 Å². The molecule has 1 aromatic rings. The number of pyridine rings is 1. The molecule has 106 valence electrons. The number of carbonyl (C=O) groups excluding carboxylic acids is 1. The first-order valence-corrected chi connectivity index (χ1v) is 7.90. The van der Waals surface area contributed by atoms with Gasteiger partial charge in [-0.05, 0) is 71.0 Å². The fraction of sp³-hybridized carbons (Fsp3) is 0.600. The zero-order chi connectivity index (χ0) is 14.1. The van der Waals surface area contributed by atoms with E-state index in [0.29, 0.717) is 22.2 Å². The van der Waals surface area contributed by atoms with Crippen LogP contribution in [-0.2, 0) is 4.79 Å². The summed E-state index contributed by atoms with van der Waals surface area (Å²) in [6.07, 6.45) is 5.90. The number of hydrogen-bond donors (Lipinski definition) is 1. The van der Waals surface area contributed by atoms with E-state index in [-0.39, 0.29) is 16.4 Å². The molecule has 0 unspecified atom stereocenters. The van der Waals surface area contributed by atoms with Crippen molar-refractivity contribution in [2.45, 2.75) is 39.0 Å². The summed E-state index contributed by atoms with van der Waals surface area (Å²) in [4.78, 5) is 16.6. The maximum absolute atomic E-state index is 13.4. The standard InChI is InChI=1S/C15H16BrFN2O/c1-8-5-10(17)11(16)18-12(8)19-13(20)9-3-2-4-14-6-15(9,14)7-14/h5,9H,2-4,6-7H2,1H3,(H,18,19,20)/t9-,14?,15?/m1/s1. The van der Waals surface area contributed by atoms with Crippen LogP contribution in [0.5, 0.6) is 0 Å². The fourth-order valence-electron chi connectivity index (χ4n) is 4.30. The molecular weight excluding hydrogens is 323 g/mol. The molecule has 1 amide bonds. The number of halogens is 2. The molecule has 3 nitrogen and oxygen atoms in total. The Bertz CT molecular complexity index is 625. The van der Waals surface area contributed by atoms with Crippen molar-refractivity contribution in [3.8, 4) is 0 Å². The van der Waals surface area contributed by atoms with E-state index in [1.54, 1.807) is 6.92 Å². The first-order valence-electron chi connectivity index (χ1n) is 7.11. The molecule has 3 aliphatic rings. The van der Waals surface area contributed by atoms with Gasteiger partial charge in [-0.15, -0.1) is 0 Å². The summed E-state index contributed by atoms with van der Waals surface area (Å²) >= 11 is 3.07. The number of hydrogen-bond acceptors (Lipinski definition) is 2. The molecular formula is C15H16BrFN2O. The quantitative estimate of drug-likeness (QED) is 0.833. The third-order valence-corrected chi connectivity index (χ3v) is 6.17. The summed E-state index contributed by atoms with van der Waals surface area (Å²) in [5, 5.41) is 2.91. The minimum atomic E-state index is -0.403. The maximum atomic E-state index is 13.4. The van der Waals surface area contributed by atoms with Crippen LogP contribution in [0, 0.1) is 29.5 Å². The van der Waals surface area contributed by atoms with E-state index >= 15 is 0 Å². The molecule has 1 heterocycles. The van der Waals surface area contributed by atoms with Crippen LogP contribution in [0.4, 0.5) is 10.2 Å². The lowest BCUT2D eigenvalue weighted by Gasteiger charge is -2.21. The van der Waals surface area contributed by atoms with Crippen molar-refractivity contribution in [3.05, 3.63) is 22.1 Å². The van der Waals surface area contributed by atoms with E-state index in [0.717, 1.165) is 12.8 Å². The number of anilines is 1. The van der Waals surface area contributed by atoms with Crippen LogP contribution < -0.4 is 5.32 Å². The van der Waals surface area contributed by atoms with E-state index < -0.39 is 5.82 Å². The predicted octanol–water partition coefficient (Wildman–Crippen LogP) is 3.81. The van der Waals surface area contributed by atoms with Crippen molar-refractivity contribution in [3.63, 3.8) is 0 Å². The van der Waals surface area contributed by atoms with Gasteiger partial charge in [0.2, 0.25) is 5.91 Å². The summed E-state index contributed by atoms with van der Waals surface area (Å²) in [5.41, 5.74) is 1.50. The number of nitrogens with one attached hydrogen (secondary N) is 1. The molecule has 4 rings (SSSR count). The zero-order valence-electron chi connectivity index (χ0n) is 11.3. The average Bonchev–Trinajstić information content (AvgIpc) is 3.21. The van der Waals surface area contributed by atoms with Crippen LogP contribution in [0.1, 0.15) is 37.7 Å². The number of amides is 1. The molecule has 3 fully saturated rings. The Kier molecular flexibility index (Phi) is 2.43. The van der Waals surface area contributed by atoms with E-state index in [2.05, 4.69) is 26.2 Å². The van der Waals surface area contributed by atoms with Crippen LogP contribution in [0.15, 0.2) is 10.7 Å². The van der Waals surface area contributed by atoms with E-state index in [1.165, 1.54) is 25.3 Å². The highest BCUT2D eigenvalue weighted by Crippen LogP contribution is 2.92. The second-order valence-electron chi connectivity index (χ2n) is 6.65. The average molecular weight is 339 g/mol. The predicted molar refractivity (Wildman–Crippen MR) is 76.7 cm³/mol. The molecule has 0 saturated heterocycles. The first-order chi connectivity index (χ1) is 9.47. The molecule has 3 aliphatic carbocycles. The molecule has 0 aromatic carbocycles. The zero-order valence-corrected chi connectivity index (χ0v) is 12.9. The van der Waals surface area contributed by atoms with Crippen molar-refractivity contribution in [1.29, 1.82) is 0 Å². The maximum Gasteiger partial charge on any atom is 0.229 e. The minimum Gasteiger partial charge on any atom is -0.310 e. The van der Waals surface area contributed by atoms with Crippen LogP contribution in [0.25, 0.3) is 0 Å². The molecule has 3 saturated carbocycles. The summed E-state index contributed by atoms with van der Waals surface area (Å²) in [7, 11) is 0. The third-order valence-electron chi connectivity index (χ3n) is 5.61. The highest BCUT2D eigenvalue weighted by Gasteiger charge is 2.86. The molecule has 1 aromatic heterocycles. The number of aromatic nitrogens is 1. The van der Waals surface area contributed by atoms with Gasteiger partial charge in [0.05, 0.1) is 0 Å². The second-order valence-corrected chi connectivity index (χ2v) is 7.40. The van der Waals surface area contributed by atoms with Gasteiger partial charge >= 0.3 is 0 Å². The Hall–Kier alpha value is -0.970. The number of carbonyl (C=O) groups is 1. The molecule has 20 heavy (non-hydrogen) atoms. The van der Waals surface area contributed by atoms with Crippen LogP contribution in [-0.4, -0.2) is 10.9 Å². The molecule has 0 aliphatic heterocycles. The van der Waals surface area contributed by atoms with Crippen LogP contribution in [0.3, 0.4) is 0 Å². The topological polar surface area (TPSA) is 42.0 Å². The van der Waals surface area contributed by atoms with Crippen molar-refractivity contribution < 1.29 is 9.18 Å². The van der Waals surface area contributed by atoms with Gasteiger partial charge in [0.25, 0.3) is 0 Å². The Labute approximate surface area is 125 Å². The van der Waals surface area contributed by atoms with Gasteiger partial charge in [0.1, 0.15) is 10.4 Å². The van der Waals surface area contributed by atoms with Gasteiger partial charge in [0.15, 0.2) is 5.82 Å². The molecule has 0 bridgehead atoms.